The molecule has 136 valence electrons. The number of nitrogens with zero attached hydrogens (tertiary/aromatic N) is 1. The van der Waals surface area contributed by atoms with Crippen molar-refractivity contribution in [2.45, 2.75) is 12.8 Å². The zero-order valence-corrected chi connectivity index (χ0v) is 16.9. The molecule has 4 aromatic rings. The van der Waals surface area contributed by atoms with E-state index in [-0.39, 0.29) is 0 Å². The minimum Gasteiger partial charge on any atom is -0.493 e. The summed E-state index contributed by atoms with van der Waals surface area (Å²) in [5.41, 5.74) is 3.51. The second-order valence-electron chi connectivity index (χ2n) is 6.52. The van der Waals surface area contributed by atoms with E-state index in [2.05, 4.69) is 63.4 Å². The first-order valence-corrected chi connectivity index (χ1v) is 9.65. The van der Waals surface area contributed by atoms with Crippen LogP contribution in [0.5, 0.6) is 11.5 Å². The van der Waals surface area contributed by atoms with Gasteiger partial charge in [0, 0.05) is 22.1 Å². The molecule has 0 spiro atoms. The van der Waals surface area contributed by atoms with Crippen molar-refractivity contribution in [3.8, 4) is 11.5 Å². The van der Waals surface area contributed by atoms with Crippen LogP contribution in [0.3, 0.4) is 0 Å². The molecule has 4 rings (SSSR count). The molecule has 0 aliphatic rings. The van der Waals surface area contributed by atoms with E-state index in [0.717, 1.165) is 34.0 Å². The summed E-state index contributed by atoms with van der Waals surface area (Å²) in [7, 11) is 3.30. The number of rotatable bonds is 5. The minimum absolute atomic E-state index is 0.704. The van der Waals surface area contributed by atoms with Crippen molar-refractivity contribution in [2.75, 3.05) is 14.2 Å². The van der Waals surface area contributed by atoms with Crippen LogP contribution in [0, 0.1) is 0 Å². The number of ether oxygens (including phenoxy) is 2. The highest BCUT2D eigenvalue weighted by Gasteiger charge is 2.10. The van der Waals surface area contributed by atoms with Crippen LogP contribution in [0.1, 0.15) is 11.1 Å². The largest absolute Gasteiger partial charge is 0.493 e. The number of benzene rings is 3. The molecule has 0 saturated carbocycles. The first-order chi connectivity index (χ1) is 13.2. The molecule has 1 heterocycles. The van der Waals surface area contributed by atoms with Crippen molar-refractivity contribution in [3.05, 3.63) is 76.4 Å². The Hall–Kier alpha value is -2.59. The lowest BCUT2D eigenvalue weighted by molar-refractivity contribution is 0.356. The van der Waals surface area contributed by atoms with Crippen molar-refractivity contribution in [1.29, 1.82) is 0 Å². The molecule has 27 heavy (non-hydrogen) atoms. The number of aromatic nitrogens is 1. The molecule has 0 aliphatic heterocycles. The smallest absolute Gasteiger partial charge is 0.162 e. The van der Waals surface area contributed by atoms with Gasteiger partial charge in [0.15, 0.2) is 11.5 Å². The summed E-state index contributed by atoms with van der Waals surface area (Å²) in [5.74, 6) is 1.44. The molecule has 4 heteroatoms. The number of methoxy groups -OCH3 is 2. The number of aryl methyl sites for hydroxylation is 2. The molecule has 0 amide bonds. The van der Waals surface area contributed by atoms with E-state index in [0.29, 0.717) is 5.75 Å². The summed E-state index contributed by atoms with van der Waals surface area (Å²) in [6.45, 7) is 0. The first-order valence-electron chi connectivity index (χ1n) is 8.86. The fourth-order valence-electron chi connectivity index (χ4n) is 3.45. The molecule has 3 nitrogen and oxygen atoms in total. The molecule has 0 aliphatic carbocycles. The zero-order chi connectivity index (χ0) is 18.8. The van der Waals surface area contributed by atoms with E-state index in [1.165, 1.54) is 21.9 Å². The summed E-state index contributed by atoms with van der Waals surface area (Å²) in [4.78, 5) is 4.49. The van der Waals surface area contributed by atoms with Crippen molar-refractivity contribution in [3.63, 3.8) is 0 Å². The molecule has 0 unspecified atom stereocenters. The van der Waals surface area contributed by atoms with Gasteiger partial charge in [0.2, 0.25) is 0 Å². The average Bonchev–Trinajstić information content (AvgIpc) is 2.71. The zero-order valence-electron chi connectivity index (χ0n) is 15.3. The Kier molecular flexibility index (Phi) is 4.99. The molecule has 0 bridgehead atoms. The lowest BCUT2D eigenvalue weighted by Crippen LogP contribution is -1.96. The molecule has 0 N–H and O–H groups in total. The van der Waals surface area contributed by atoms with Gasteiger partial charge in [-0.3, -0.25) is 4.98 Å². The van der Waals surface area contributed by atoms with Crippen LogP contribution < -0.4 is 9.47 Å². The Morgan fingerprint density at radius 1 is 0.815 bits per heavy atom. The molecular weight excluding hydrogens is 402 g/mol. The van der Waals surface area contributed by atoms with Crippen molar-refractivity contribution in [2.24, 2.45) is 0 Å². The van der Waals surface area contributed by atoms with E-state index >= 15 is 0 Å². The standard InChI is InChI=1S/C23H20BrNO2/c1-26-22-13-20-16(9-10-25-21(20)14-23(22)27-2)5-3-15-4-6-18-12-19(24)8-7-17(18)11-15/h4,6-14H,3,5H2,1-2H3. The van der Waals surface area contributed by atoms with Gasteiger partial charge in [-0.25, -0.2) is 0 Å². The van der Waals surface area contributed by atoms with Crippen LogP contribution in [-0.4, -0.2) is 19.2 Å². The summed E-state index contributed by atoms with van der Waals surface area (Å²) >= 11 is 3.53. The maximum absolute atomic E-state index is 5.46. The van der Waals surface area contributed by atoms with E-state index in [9.17, 15) is 0 Å². The Labute approximate surface area is 167 Å². The highest BCUT2D eigenvalue weighted by Crippen LogP contribution is 2.33. The van der Waals surface area contributed by atoms with Gasteiger partial charge in [-0.1, -0.05) is 40.2 Å². The molecule has 0 saturated heterocycles. The van der Waals surface area contributed by atoms with Gasteiger partial charge >= 0.3 is 0 Å². The highest BCUT2D eigenvalue weighted by molar-refractivity contribution is 9.10. The number of hydrogen-bond acceptors (Lipinski definition) is 3. The topological polar surface area (TPSA) is 31.4 Å². The van der Waals surface area contributed by atoms with E-state index in [4.69, 9.17) is 9.47 Å². The SMILES string of the molecule is COc1cc2nccc(CCc3ccc4cc(Br)ccc4c3)c2cc1OC. The van der Waals surface area contributed by atoms with Gasteiger partial charge < -0.3 is 9.47 Å². The van der Waals surface area contributed by atoms with Gasteiger partial charge in [0.25, 0.3) is 0 Å². The third-order valence-electron chi connectivity index (χ3n) is 4.89. The second kappa shape index (κ2) is 7.57. The average molecular weight is 422 g/mol. The second-order valence-corrected chi connectivity index (χ2v) is 7.44. The lowest BCUT2D eigenvalue weighted by atomic mass is 9.99. The van der Waals surface area contributed by atoms with E-state index in [1.54, 1.807) is 14.2 Å². The fourth-order valence-corrected chi connectivity index (χ4v) is 3.83. The van der Waals surface area contributed by atoms with Crippen LogP contribution in [0.15, 0.2) is 65.3 Å². The monoisotopic (exact) mass is 421 g/mol. The van der Waals surface area contributed by atoms with E-state index < -0.39 is 0 Å². The van der Waals surface area contributed by atoms with Crippen LogP contribution in [0.4, 0.5) is 0 Å². The molecular formula is C23H20BrNO2. The van der Waals surface area contributed by atoms with Crippen molar-refractivity contribution < 1.29 is 9.47 Å². The predicted molar refractivity (Wildman–Crippen MR) is 114 cm³/mol. The first kappa shape index (κ1) is 17.8. The highest BCUT2D eigenvalue weighted by atomic mass is 79.9. The van der Waals surface area contributed by atoms with Gasteiger partial charge in [-0.15, -0.1) is 0 Å². The van der Waals surface area contributed by atoms with Crippen molar-refractivity contribution in [1.82, 2.24) is 4.98 Å². The van der Waals surface area contributed by atoms with Gasteiger partial charge in [-0.2, -0.15) is 0 Å². The Balaban J connectivity index is 1.64. The number of pyridine rings is 1. The van der Waals surface area contributed by atoms with Crippen LogP contribution in [0.25, 0.3) is 21.7 Å². The third kappa shape index (κ3) is 3.62. The Morgan fingerprint density at radius 3 is 2.37 bits per heavy atom. The molecule has 0 atom stereocenters. The van der Waals surface area contributed by atoms with Crippen LogP contribution in [-0.2, 0) is 12.8 Å². The van der Waals surface area contributed by atoms with Gasteiger partial charge in [0.05, 0.1) is 19.7 Å². The summed E-state index contributed by atoms with van der Waals surface area (Å²) < 4.78 is 12.0. The normalized spacial score (nSPS) is 11.1. The Bertz CT molecular complexity index is 1120. The van der Waals surface area contributed by atoms with Crippen LogP contribution >= 0.6 is 15.9 Å². The van der Waals surface area contributed by atoms with E-state index in [1.807, 2.05) is 18.3 Å². The lowest BCUT2D eigenvalue weighted by Gasteiger charge is -2.12. The molecule has 0 radical (unpaired) electrons. The number of fused-ring (bicyclic) bond motifs is 2. The predicted octanol–water partition coefficient (Wildman–Crippen LogP) is 5.95. The van der Waals surface area contributed by atoms with Crippen LogP contribution in [0.2, 0.25) is 0 Å². The number of hydrogen-bond donors (Lipinski definition) is 0. The Morgan fingerprint density at radius 2 is 1.56 bits per heavy atom. The van der Waals surface area contributed by atoms with Gasteiger partial charge in [0.1, 0.15) is 0 Å². The van der Waals surface area contributed by atoms with Gasteiger partial charge in [-0.05, 0) is 59.0 Å². The molecule has 1 aromatic heterocycles. The summed E-state index contributed by atoms with van der Waals surface area (Å²) in [6, 6.07) is 19.1. The minimum atomic E-state index is 0.704. The quantitative estimate of drug-likeness (QED) is 0.398. The number of halogens is 1. The third-order valence-corrected chi connectivity index (χ3v) is 5.38. The summed E-state index contributed by atoms with van der Waals surface area (Å²) in [6.07, 6.45) is 3.78. The maximum atomic E-state index is 5.46. The maximum Gasteiger partial charge on any atom is 0.162 e. The molecule has 3 aromatic carbocycles. The fraction of sp³-hybridized carbons (Fsp3) is 0.174. The molecule has 0 fully saturated rings. The summed E-state index contributed by atoms with van der Waals surface area (Å²) in [5, 5.41) is 3.63. The van der Waals surface area contributed by atoms with Crippen molar-refractivity contribution >= 4 is 37.6 Å².